The summed E-state index contributed by atoms with van der Waals surface area (Å²) in [6.07, 6.45) is 1.83. The molecule has 2 rings (SSSR count). The van der Waals surface area contributed by atoms with Gasteiger partial charge in [0.05, 0.1) is 12.1 Å². The fourth-order valence-electron chi connectivity index (χ4n) is 2.24. The van der Waals surface area contributed by atoms with Gasteiger partial charge in [-0.05, 0) is 39.0 Å². The summed E-state index contributed by atoms with van der Waals surface area (Å²) in [6, 6.07) is 5.97. The Kier molecular flexibility index (Phi) is 3.62. The molecule has 0 atom stereocenters. The molecular formula is C15H21N3O. The standard InChI is InChI=1S/C15H21N3O/c1-10-7-11-12(8-17-10)13(16)5-6-14(11)18-15(2,3)9-19-4/h5-8,18H,9,16H2,1-4H3. The number of nitrogens with one attached hydrogen (secondary N) is 1. The van der Waals surface area contributed by atoms with Crippen molar-refractivity contribution in [1.82, 2.24) is 4.98 Å². The van der Waals surface area contributed by atoms with E-state index < -0.39 is 0 Å². The third-order valence-electron chi connectivity index (χ3n) is 3.05. The second-order valence-electron chi connectivity index (χ2n) is 5.52. The van der Waals surface area contributed by atoms with Gasteiger partial charge in [0.15, 0.2) is 0 Å². The summed E-state index contributed by atoms with van der Waals surface area (Å²) in [6.45, 7) is 6.81. The quantitative estimate of drug-likeness (QED) is 0.829. The first-order valence-electron chi connectivity index (χ1n) is 6.35. The van der Waals surface area contributed by atoms with Crippen molar-refractivity contribution in [3.8, 4) is 0 Å². The van der Waals surface area contributed by atoms with Gasteiger partial charge >= 0.3 is 0 Å². The van der Waals surface area contributed by atoms with Crippen LogP contribution in [-0.2, 0) is 4.74 Å². The highest BCUT2D eigenvalue weighted by molar-refractivity contribution is 6.00. The highest BCUT2D eigenvalue weighted by Gasteiger charge is 2.18. The number of benzene rings is 1. The summed E-state index contributed by atoms with van der Waals surface area (Å²) in [4.78, 5) is 4.31. The number of nitrogen functional groups attached to an aromatic ring is 1. The first-order chi connectivity index (χ1) is 8.93. The van der Waals surface area contributed by atoms with Crippen molar-refractivity contribution in [3.63, 3.8) is 0 Å². The van der Waals surface area contributed by atoms with E-state index in [1.54, 1.807) is 7.11 Å². The van der Waals surface area contributed by atoms with Crippen LogP contribution in [0, 0.1) is 6.92 Å². The Morgan fingerprint density at radius 2 is 2.05 bits per heavy atom. The third-order valence-corrected chi connectivity index (χ3v) is 3.05. The number of nitrogens with zero attached hydrogens (tertiary/aromatic N) is 1. The number of aryl methyl sites for hydroxylation is 1. The Morgan fingerprint density at radius 3 is 2.74 bits per heavy atom. The van der Waals surface area contributed by atoms with Crippen LogP contribution < -0.4 is 11.1 Å². The lowest BCUT2D eigenvalue weighted by Gasteiger charge is -2.27. The smallest absolute Gasteiger partial charge is 0.0687 e. The molecule has 1 aromatic heterocycles. The lowest BCUT2D eigenvalue weighted by Crippen LogP contribution is -2.35. The molecule has 19 heavy (non-hydrogen) atoms. The number of rotatable bonds is 4. The topological polar surface area (TPSA) is 60.2 Å². The van der Waals surface area contributed by atoms with E-state index in [4.69, 9.17) is 10.5 Å². The molecule has 0 radical (unpaired) electrons. The first-order valence-corrected chi connectivity index (χ1v) is 6.35. The van der Waals surface area contributed by atoms with Gasteiger partial charge in [0, 0.05) is 41.1 Å². The molecule has 0 bridgehead atoms. The lowest BCUT2D eigenvalue weighted by molar-refractivity contribution is 0.158. The van der Waals surface area contributed by atoms with Crippen molar-refractivity contribution in [2.75, 3.05) is 24.8 Å². The number of fused-ring (bicyclic) bond motifs is 1. The first kappa shape index (κ1) is 13.6. The Morgan fingerprint density at radius 1 is 1.32 bits per heavy atom. The Bertz CT molecular complexity index is 593. The average Bonchev–Trinajstić information content (AvgIpc) is 2.32. The number of aromatic nitrogens is 1. The number of ether oxygens (including phenoxy) is 1. The summed E-state index contributed by atoms with van der Waals surface area (Å²) in [5.74, 6) is 0. The van der Waals surface area contributed by atoms with Gasteiger partial charge in [-0.2, -0.15) is 0 Å². The molecular weight excluding hydrogens is 238 g/mol. The molecule has 0 aliphatic rings. The Balaban J connectivity index is 2.49. The zero-order valence-electron chi connectivity index (χ0n) is 11.9. The predicted octanol–water partition coefficient (Wildman–Crippen LogP) is 2.96. The van der Waals surface area contributed by atoms with Crippen molar-refractivity contribution in [2.45, 2.75) is 26.3 Å². The molecule has 0 unspecified atom stereocenters. The molecule has 2 aromatic rings. The van der Waals surface area contributed by atoms with Crippen LogP contribution >= 0.6 is 0 Å². The lowest BCUT2D eigenvalue weighted by atomic mass is 10.0. The second-order valence-corrected chi connectivity index (χ2v) is 5.52. The van der Waals surface area contributed by atoms with Crippen molar-refractivity contribution in [3.05, 3.63) is 30.1 Å². The molecule has 1 aromatic carbocycles. The summed E-state index contributed by atoms with van der Waals surface area (Å²) in [7, 11) is 1.71. The maximum atomic E-state index is 6.01. The van der Waals surface area contributed by atoms with Crippen LogP contribution in [0.3, 0.4) is 0 Å². The minimum absolute atomic E-state index is 0.144. The van der Waals surface area contributed by atoms with Crippen LogP contribution in [0.25, 0.3) is 10.8 Å². The van der Waals surface area contributed by atoms with Gasteiger partial charge in [-0.3, -0.25) is 4.98 Å². The number of pyridine rings is 1. The summed E-state index contributed by atoms with van der Waals surface area (Å²) >= 11 is 0. The minimum Gasteiger partial charge on any atom is -0.398 e. The molecule has 3 N–H and O–H groups in total. The van der Waals surface area contributed by atoms with Gasteiger partial charge < -0.3 is 15.8 Å². The molecule has 0 aliphatic carbocycles. The number of nitrogens with two attached hydrogens (primary N) is 1. The largest absolute Gasteiger partial charge is 0.398 e. The van der Waals surface area contributed by atoms with Crippen LogP contribution in [0.2, 0.25) is 0 Å². The fourth-order valence-corrected chi connectivity index (χ4v) is 2.24. The van der Waals surface area contributed by atoms with Crippen LogP contribution in [0.15, 0.2) is 24.4 Å². The van der Waals surface area contributed by atoms with Crippen molar-refractivity contribution in [2.24, 2.45) is 0 Å². The zero-order valence-corrected chi connectivity index (χ0v) is 11.9. The summed E-state index contributed by atoms with van der Waals surface area (Å²) in [5.41, 5.74) is 8.64. The van der Waals surface area contributed by atoms with Crippen molar-refractivity contribution >= 4 is 22.1 Å². The number of hydrogen-bond acceptors (Lipinski definition) is 4. The monoisotopic (exact) mass is 259 g/mol. The molecule has 0 saturated heterocycles. The van der Waals surface area contributed by atoms with E-state index in [0.29, 0.717) is 6.61 Å². The normalized spacial score (nSPS) is 11.8. The van der Waals surface area contributed by atoms with Gasteiger partial charge in [0.2, 0.25) is 0 Å². The zero-order chi connectivity index (χ0) is 14.0. The summed E-state index contributed by atoms with van der Waals surface area (Å²) in [5, 5.41) is 5.58. The SMILES string of the molecule is COCC(C)(C)Nc1ccc(N)c2cnc(C)cc12. The Labute approximate surface area is 114 Å². The van der Waals surface area contributed by atoms with E-state index in [1.165, 1.54) is 0 Å². The molecule has 102 valence electrons. The maximum Gasteiger partial charge on any atom is 0.0687 e. The molecule has 1 heterocycles. The second kappa shape index (κ2) is 5.05. The van der Waals surface area contributed by atoms with Gasteiger partial charge in [-0.15, -0.1) is 0 Å². The van der Waals surface area contributed by atoms with Crippen LogP contribution in [0.4, 0.5) is 11.4 Å². The van der Waals surface area contributed by atoms with Crippen LogP contribution in [0.1, 0.15) is 19.5 Å². The van der Waals surface area contributed by atoms with E-state index in [2.05, 4.69) is 30.2 Å². The highest BCUT2D eigenvalue weighted by Crippen LogP contribution is 2.30. The molecule has 4 heteroatoms. The van der Waals surface area contributed by atoms with Gasteiger partial charge in [0.25, 0.3) is 0 Å². The highest BCUT2D eigenvalue weighted by atomic mass is 16.5. The van der Waals surface area contributed by atoms with Gasteiger partial charge in [-0.1, -0.05) is 0 Å². The summed E-state index contributed by atoms with van der Waals surface area (Å²) < 4.78 is 5.24. The Hall–Kier alpha value is -1.81. The van der Waals surface area contributed by atoms with Crippen molar-refractivity contribution < 1.29 is 4.74 Å². The average molecular weight is 259 g/mol. The number of hydrogen-bond donors (Lipinski definition) is 2. The van der Waals surface area contributed by atoms with E-state index in [-0.39, 0.29) is 5.54 Å². The van der Waals surface area contributed by atoms with Crippen LogP contribution in [-0.4, -0.2) is 24.2 Å². The van der Waals surface area contributed by atoms with Gasteiger partial charge in [-0.25, -0.2) is 0 Å². The van der Waals surface area contributed by atoms with Crippen LogP contribution in [0.5, 0.6) is 0 Å². The van der Waals surface area contributed by atoms with E-state index in [0.717, 1.165) is 27.8 Å². The maximum absolute atomic E-state index is 6.01. The fraction of sp³-hybridized carbons (Fsp3) is 0.400. The van der Waals surface area contributed by atoms with E-state index in [9.17, 15) is 0 Å². The molecule has 0 spiro atoms. The molecule has 0 aliphatic heterocycles. The molecule has 0 amide bonds. The molecule has 0 fully saturated rings. The predicted molar refractivity (Wildman–Crippen MR) is 80.5 cm³/mol. The van der Waals surface area contributed by atoms with E-state index in [1.807, 2.05) is 25.3 Å². The van der Waals surface area contributed by atoms with E-state index >= 15 is 0 Å². The van der Waals surface area contributed by atoms with Gasteiger partial charge in [0.1, 0.15) is 0 Å². The third kappa shape index (κ3) is 2.96. The minimum atomic E-state index is -0.144. The van der Waals surface area contributed by atoms with Crippen molar-refractivity contribution in [1.29, 1.82) is 0 Å². The number of anilines is 2. The molecule has 4 nitrogen and oxygen atoms in total. The molecule has 0 saturated carbocycles. The number of methoxy groups -OCH3 is 1.